The average Bonchev–Trinajstić information content (AvgIpc) is 2.51. The number of carbonyl (C=O) groups is 1. The van der Waals surface area contributed by atoms with Crippen LogP contribution in [0.3, 0.4) is 0 Å². The Balaban J connectivity index is 2.38. The van der Waals surface area contributed by atoms with E-state index in [9.17, 15) is 13.2 Å². The number of halogens is 1. The average molecular weight is 381 g/mol. The monoisotopic (exact) mass is 380 g/mol. The maximum Gasteiger partial charge on any atom is 0.248 e. The smallest absolute Gasteiger partial charge is 0.248 e. The first kappa shape index (κ1) is 19.3. The third kappa shape index (κ3) is 4.96. The molecule has 0 radical (unpaired) electrons. The van der Waals surface area contributed by atoms with Crippen molar-refractivity contribution in [3.8, 4) is 0 Å². The van der Waals surface area contributed by atoms with Crippen LogP contribution in [-0.4, -0.2) is 26.6 Å². The quantitative estimate of drug-likeness (QED) is 0.828. The fourth-order valence-electron chi connectivity index (χ4n) is 2.62. The Morgan fingerprint density at radius 1 is 1.20 bits per heavy atom. The highest BCUT2D eigenvalue weighted by atomic mass is 35.5. The molecule has 7 heteroatoms. The molecule has 2 rings (SSSR count). The Bertz CT molecular complexity index is 868. The third-order valence-electron chi connectivity index (χ3n) is 3.68. The number of hydrogen-bond donors (Lipinski definition) is 1. The molecule has 0 aliphatic rings. The number of amides is 1. The first-order valence-corrected chi connectivity index (χ1v) is 10.1. The number of hydrogen-bond acceptors (Lipinski definition) is 3. The summed E-state index contributed by atoms with van der Waals surface area (Å²) in [4.78, 5) is 12.7. The normalized spacial score (nSPS) is 12.5. The number of carbonyl (C=O) groups excluding carboxylic acids is 1. The summed E-state index contributed by atoms with van der Waals surface area (Å²) in [6.45, 7) is 3.65. The molecule has 0 aliphatic carbocycles. The van der Waals surface area contributed by atoms with Crippen molar-refractivity contribution in [2.24, 2.45) is 0 Å². The lowest BCUT2D eigenvalue weighted by Crippen LogP contribution is -2.47. The molecule has 0 saturated carbocycles. The van der Waals surface area contributed by atoms with Crippen LogP contribution in [0.25, 0.3) is 0 Å². The number of aryl methyl sites for hydroxylation is 1. The topological polar surface area (TPSA) is 66.5 Å². The molecule has 0 spiro atoms. The number of anilines is 2. The Morgan fingerprint density at radius 2 is 1.88 bits per heavy atom. The zero-order valence-electron chi connectivity index (χ0n) is 14.4. The van der Waals surface area contributed by atoms with E-state index in [0.717, 1.165) is 11.8 Å². The van der Waals surface area contributed by atoms with Crippen molar-refractivity contribution in [1.29, 1.82) is 0 Å². The molecule has 0 heterocycles. The SMILES string of the molecule is CC[C@H](C(=O)Nc1cccc(Cl)c1)N(c1cccc(C)c1)S(C)(=O)=O. The van der Waals surface area contributed by atoms with Crippen molar-refractivity contribution in [3.05, 3.63) is 59.1 Å². The fraction of sp³-hybridized carbons (Fsp3) is 0.278. The summed E-state index contributed by atoms with van der Waals surface area (Å²) in [6, 6.07) is 12.9. The Hall–Kier alpha value is -2.05. The Morgan fingerprint density at radius 3 is 2.44 bits per heavy atom. The number of sulfonamides is 1. The van der Waals surface area contributed by atoms with Gasteiger partial charge in [0.2, 0.25) is 15.9 Å². The Labute approximate surface area is 153 Å². The summed E-state index contributed by atoms with van der Waals surface area (Å²) in [5.74, 6) is -0.406. The molecule has 1 atom stereocenters. The van der Waals surface area contributed by atoms with Gasteiger partial charge in [0.1, 0.15) is 6.04 Å². The van der Waals surface area contributed by atoms with Gasteiger partial charge in [0, 0.05) is 10.7 Å². The minimum absolute atomic E-state index is 0.327. The van der Waals surface area contributed by atoms with Crippen LogP contribution in [0.15, 0.2) is 48.5 Å². The van der Waals surface area contributed by atoms with Gasteiger partial charge < -0.3 is 5.32 Å². The second kappa shape index (κ2) is 7.89. The molecule has 0 unspecified atom stereocenters. The molecule has 0 aromatic heterocycles. The van der Waals surface area contributed by atoms with Gasteiger partial charge >= 0.3 is 0 Å². The second-order valence-electron chi connectivity index (χ2n) is 5.82. The van der Waals surface area contributed by atoms with E-state index in [1.807, 2.05) is 13.0 Å². The van der Waals surface area contributed by atoms with Gasteiger partial charge in [-0.3, -0.25) is 9.10 Å². The van der Waals surface area contributed by atoms with Crippen LogP contribution in [-0.2, 0) is 14.8 Å². The van der Waals surface area contributed by atoms with Crippen LogP contribution >= 0.6 is 11.6 Å². The molecule has 134 valence electrons. The maximum atomic E-state index is 12.7. The van der Waals surface area contributed by atoms with Crippen LogP contribution < -0.4 is 9.62 Å². The van der Waals surface area contributed by atoms with Crippen molar-refractivity contribution in [3.63, 3.8) is 0 Å². The second-order valence-corrected chi connectivity index (χ2v) is 8.12. The van der Waals surface area contributed by atoms with E-state index in [0.29, 0.717) is 22.8 Å². The van der Waals surface area contributed by atoms with E-state index in [1.165, 1.54) is 4.31 Å². The fourth-order valence-corrected chi connectivity index (χ4v) is 4.01. The lowest BCUT2D eigenvalue weighted by molar-refractivity contribution is -0.117. The Kier molecular flexibility index (Phi) is 6.08. The van der Waals surface area contributed by atoms with E-state index in [1.54, 1.807) is 49.4 Å². The van der Waals surface area contributed by atoms with Crippen molar-refractivity contribution in [2.75, 3.05) is 15.9 Å². The molecule has 1 amide bonds. The number of nitrogens with one attached hydrogen (secondary N) is 1. The zero-order valence-corrected chi connectivity index (χ0v) is 15.9. The maximum absolute atomic E-state index is 12.7. The first-order chi connectivity index (χ1) is 11.7. The van der Waals surface area contributed by atoms with Crippen molar-refractivity contribution in [2.45, 2.75) is 26.3 Å². The van der Waals surface area contributed by atoms with E-state index in [-0.39, 0.29) is 0 Å². The summed E-state index contributed by atoms with van der Waals surface area (Å²) >= 11 is 5.93. The molecule has 2 aromatic rings. The summed E-state index contributed by atoms with van der Waals surface area (Å²) in [5, 5.41) is 3.23. The van der Waals surface area contributed by atoms with Crippen LogP contribution in [0.2, 0.25) is 5.02 Å². The summed E-state index contributed by atoms with van der Waals surface area (Å²) in [7, 11) is -3.65. The zero-order chi connectivity index (χ0) is 18.6. The lowest BCUT2D eigenvalue weighted by atomic mass is 10.1. The highest BCUT2D eigenvalue weighted by Crippen LogP contribution is 2.24. The molecule has 5 nitrogen and oxygen atoms in total. The molecule has 2 aromatic carbocycles. The van der Waals surface area contributed by atoms with Crippen molar-refractivity contribution < 1.29 is 13.2 Å². The van der Waals surface area contributed by atoms with Gasteiger partial charge in [-0.25, -0.2) is 8.42 Å². The van der Waals surface area contributed by atoms with Gasteiger partial charge in [-0.05, 0) is 49.2 Å². The van der Waals surface area contributed by atoms with Gasteiger partial charge in [0.15, 0.2) is 0 Å². The first-order valence-electron chi connectivity index (χ1n) is 7.85. The lowest BCUT2D eigenvalue weighted by Gasteiger charge is -2.30. The van der Waals surface area contributed by atoms with E-state index < -0.39 is 22.0 Å². The molecule has 25 heavy (non-hydrogen) atoms. The van der Waals surface area contributed by atoms with Gasteiger partial charge in [0.25, 0.3) is 0 Å². The molecule has 0 aliphatic heterocycles. The molecule has 0 saturated heterocycles. The number of nitrogens with zero attached hydrogens (tertiary/aromatic N) is 1. The van der Waals surface area contributed by atoms with Crippen LogP contribution in [0.1, 0.15) is 18.9 Å². The predicted octanol–water partition coefficient (Wildman–Crippen LogP) is 3.83. The van der Waals surface area contributed by atoms with Crippen molar-refractivity contribution >= 4 is 38.9 Å². The highest BCUT2D eigenvalue weighted by molar-refractivity contribution is 7.92. The summed E-state index contributed by atoms with van der Waals surface area (Å²) < 4.78 is 25.9. The van der Waals surface area contributed by atoms with E-state index in [2.05, 4.69) is 5.32 Å². The van der Waals surface area contributed by atoms with Crippen LogP contribution in [0.5, 0.6) is 0 Å². The minimum atomic E-state index is -3.65. The molecule has 0 bridgehead atoms. The van der Waals surface area contributed by atoms with E-state index >= 15 is 0 Å². The van der Waals surface area contributed by atoms with E-state index in [4.69, 9.17) is 11.6 Å². The number of rotatable bonds is 6. The van der Waals surface area contributed by atoms with Crippen LogP contribution in [0, 0.1) is 6.92 Å². The third-order valence-corrected chi connectivity index (χ3v) is 5.09. The molecular formula is C18H21ClN2O3S. The number of benzene rings is 2. The summed E-state index contributed by atoms with van der Waals surface area (Å²) in [6.07, 6.45) is 1.43. The van der Waals surface area contributed by atoms with Gasteiger partial charge in [-0.15, -0.1) is 0 Å². The largest absolute Gasteiger partial charge is 0.324 e. The van der Waals surface area contributed by atoms with Gasteiger partial charge in [0.05, 0.1) is 11.9 Å². The predicted molar refractivity (Wildman–Crippen MR) is 103 cm³/mol. The minimum Gasteiger partial charge on any atom is -0.324 e. The highest BCUT2D eigenvalue weighted by Gasteiger charge is 2.31. The van der Waals surface area contributed by atoms with Gasteiger partial charge in [-0.2, -0.15) is 0 Å². The molecule has 1 N–H and O–H groups in total. The summed E-state index contributed by atoms with van der Waals surface area (Å²) in [5.41, 5.74) is 1.90. The van der Waals surface area contributed by atoms with Crippen molar-refractivity contribution in [1.82, 2.24) is 0 Å². The molecule has 0 fully saturated rings. The molecular weight excluding hydrogens is 360 g/mol. The standard InChI is InChI=1S/C18H21ClN2O3S/c1-4-17(18(22)20-15-9-6-8-14(19)12-15)21(25(3,23)24)16-10-5-7-13(2)11-16/h5-12,17H,4H2,1-3H3,(H,20,22)/t17-/m1/s1. The van der Waals surface area contributed by atoms with Crippen LogP contribution in [0.4, 0.5) is 11.4 Å². The van der Waals surface area contributed by atoms with Gasteiger partial charge in [-0.1, -0.05) is 36.7 Å².